The Kier molecular flexibility index (Phi) is 5.60. The van der Waals surface area contributed by atoms with Crippen LogP contribution in [0.4, 0.5) is 34.4 Å². The molecule has 0 N–H and O–H groups in total. The van der Waals surface area contributed by atoms with E-state index in [4.69, 9.17) is 14.5 Å². The van der Waals surface area contributed by atoms with Gasteiger partial charge in [-0.15, -0.1) is 0 Å². The molecule has 8 rings (SSSR count). The van der Waals surface area contributed by atoms with Gasteiger partial charge in [0.15, 0.2) is 23.1 Å². The van der Waals surface area contributed by atoms with Gasteiger partial charge in [-0.05, 0) is 72.8 Å². The number of para-hydroxylation sites is 3. The number of pyridine rings is 2. The number of benzene rings is 4. The van der Waals surface area contributed by atoms with E-state index < -0.39 is 0 Å². The van der Waals surface area contributed by atoms with E-state index >= 15 is 0 Å². The number of anilines is 6. The molecule has 6 nitrogen and oxygen atoms in total. The summed E-state index contributed by atoms with van der Waals surface area (Å²) < 4.78 is 12.6. The fourth-order valence-electron chi connectivity index (χ4n) is 5.21. The average Bonchev–Trinajstić information content (AvgIpc) is 3.02. The van der Waals surface area contributed by atoms with Crippen LogP contribution >= 0.6 is 11.8 Å². The molecule has 196 valence electrons. The molecular weight excluding hydrogens is 528 g/mol. The summed E-state index contributed by atoms with van der Waals surface area (Å²) in [5.74, 6) is 4.58. The van der Waals surface area contributed by atoms with Crippen molar-refractivity contribution < 1.29 is 9.47 Å². The SMILES string of the molecule is c1cc(Oc2cccc(N3c4ccccc4Sc4cccnc43)c2)cc(N2c3ccccc3Oc3cccnc32)c1. The Balaban J connectivity index is 1.16. The molecule has 7 heteroatoms. The lowest BCUT2D eigenvalue weighted by Crippen LogP contribution is -2.17. The van der Waals surface area contributed by atoms with Gasteiger partial charge in [0.25, 0.3) is 0 Å². The van der Waals surface area contributed by atoms with E-state index in [2.05, 4.69) is 63.3 Å². The molecule has 4 heterocycles. The minimum Gasteiger partial charge on any atom is -0.457 e. The Hall–Kier alpha value is -5.27. The molecule has 6 aromatic rings. The lowest BCUT2D eigenvalue weighted by Gasteiger charge is -2.32. The summed E-state index contributed by atoms with van der Waals surface area (Å²) in [6.07, 6.45) is 3.61. The largest absolute Gasteiger partial charge is 0.457 e. The molecule has 0 fully saturated rings. The Morgan fingerprint density at radius 2 is 1.15 bits per heavy atom. The molecule has 4 aromatic carbocycles. The molecule has 0 aliphatic carbocycles. The number of hydrogen-bond acceptors (Lipinski definition) is 7. The average molecular weight is 551 g/mol. The van der Waals surface area contributed by atoms with Crippen molar-refractivity contribution in [3.63, 3.8) is 0 Å². The van der Waals surface area contributed by atoms with Crippen LogP contribution in [-0.2, 0) is 0 Å². The maximum atomic E-state index is 6.46. The summed E-state index contributed by atoms with van der Waals surface area (Å²) in [4.78, 5) is 16.0. The van der Waals surface area contributed by atoms with Gasteiger partial charge in [0.1, 0.15) is 11.5 Å². The molecule has 0 spiro atoms. The van der Waals surface area contributed by atoms with Gasteiger partial charge in [0.05, 0.1) is 27.6 Å². The molecule has 0 amide bonds. The van der Waals surface area contributed by atoms with Crippen LogP contribution in [0.1, 0.15) is 0 Å². The Morgan fingerprint density at radius 1 is 0.537 bits per heavy atom. The fourth-order valence-corrected chi connectivity index (χ4v) is 6.24. The van der Waals surface area contributed by atoms with Crippen LogP contribution < -0.4 is 19.3 Å². The predicted octanol–water partition coefficient (Wildman–Crippen LogP) is 9.78. The van der Waals surface area contributed by atoms with E-state index in [0.29, 0.717) is 11.5 Å². The second kappa shape index (κ2) is 9.73. The molecule has 41 heavy (non-hydrogen) atoms. The molecule has 2 aliphatic rings. The van der Waals surface area contributed by atoms with Crippen LogP contribution in [0.2, 0.25) is 0 Å². The van der Waals surface area contributed by atoms with Crippen LogP contribution in [0.25, 0.3) is 0 Å². The standard InChI is InChI=1S/C34H22N4O2S/c1-3-15-29-27(13-1)37(33-30(40-29)16-7-19-35-33)23-9-5-11-25(21-23)39-26-12-6-10-24(22-26)38-28-14-2-4-17-31(28)41-32-18-8-20-36-34(32)38/h1-22H. The molecular formula is C34H22N4O2S. The van der Waals surface area contributed by atoms with Crippen molar-refractivity contribution >= 4 is 46.1 Å². The van der Waals surface area contributed by atoms with Gasteiger partial charge in [-0.3, -0.25) is 9.80 Å². The second-order valence-electron chi connectivity index (χ2n) is 9.56. The van der Waals surface area contributed by atoms with Crippen LogP contribution in [-0.4, -0.2) is 9.97 Å². The normalized spacial score (nSPS) is 12.9. The van der Waals surface area contributed by atoms with E-state index in [1.165, 1.54) is 4.90 Å². The first-order chi connectivity index (χ1) is 20.3. The highest BCUT2D eigenvalue weighted by Gasteiger charge is 2.28. The van der Waals surface area contributed by atoms with Gasteiger partial charge in [0, 0.05) is 29.4 Å². The zero-order valence-electron chi connectivity index (χ0n) is 21.7. The first kappa shape index (κ1) is 23.6. The lowest BCUT2D eigenvalue weighted by molar-refractivity contribution is 0.473. The van der Waals surface area contributed by atoms with E-state index in [0.717, 1.165) is 50.8 Å². The van der Waals surface area contributed by atoms with Gasteiger partial charge >= 0.3 is 0 Å². The van der Waals surface area contributed by atoms with Crippen molar-refractivity contribution in [2.45, 2.75) is 9.79 Å². The molecule has 0 saturated heterocycles. The maximum Gasteiger partial charge on any atom is 0.181 e. The molecule has 0 radical (unpaired) electrons. The molecule has 0 bridgehead atoms. The smallest absolute Gasteiger partial charge is 0.181 e. The van der Waals surface area contributed by atoms with Crippen molar-refractivity contribution in [3.8, 4) is 23.0 Å². The third kappa shape index (κ3) is 4.15. The number of rotatable bonds is 4. The molecule has 2 aliphatic heterocycles. The summed E-state index contributed by atoms with van der Waals surface area (Å²) in [6.45, 7) is 0. The highest BCUT2D eigenvalue weighted by molar-refractivity contribution is 7.99. The van der Waals surface area contributed by atoms with Crippen LogP contribution in [0.5, 0.6) is 23.0 Å². The second-order valence-corrected chi connectivity index (χ2v) is 10.6. The van der Waals surface area contributed by atoms with Gasteiger partial charge in [-0.1, -0.05) is 48.2 Å². The third-order valence-electron chi connectivity index (χ3n) is 6.96. The Labute approximate surface area is 241 Å². The van der Waals surface area contributed by atoms with Crippen LogP contribution in [0.3, 0.4) is 0 Å². The van der Waals surface area contributed by atoms with Crippen molar-refractivity contribution in [2.75, 3.05) is 9.80 Å². The van der Waals surface area contributed by atoms with Gasteiger partial charge in [0.2, 0.25) is 0 Å². The summed E-state index contributed by atoms with van der Waals surface area (Å²) in [6, 6.07) is 40.4. The first-order valence-electron chi connectivity index (χ1n) is 13.2. The molecule has 2 aromatic heterocycles. The van der Waals surface area contributed by atoms with Crippen LogP contribution in [0, 0.1) is 0 Å². The summed E-state index contributed by atoms with van der Waals surface area (Å²) in [7, 11) is 0. The zero-order valence-corrected chi connectivity index (χ0v) is 22.5. The number of ether oxygens (including phenoxy) is 2. The van der Waals surface area contributed by atoms with Gasteiger partial charge in [-0.25, -0.2) is 9.97 Å². The summed E-state index contributed by atoms with van der Waals surface area (Å²) >= 11 is 1.74. The topological polar surface area (TPSA) is 50.7 Å². The predicted molar refractivity (Wildman–Crippen MR) is 162 cm³/mol. The molecule has 0 unspecified atom stereocenters. The third-order valence-corrected chi connectivity index (χ3v) is 8.07. The number of aromatic nitrogens is 2. The number of fused-ring (bicyclic) bond motifs is 4. The summed E-state index contributed by atoms with van der Waals surface area (Å²) in [5.41, 5.74) is 3.92. The minimum atomic E-state index is 0.707. The quantitative estimate of drug-likeness (QED) is 0.216. The maximum absolute atomic E-state index is 6.46. The fraction of sp³-hybridized carbons (Fsp3) is 0. The van der Waals surface area contributed by atoms with Crippen molar-refractivity contribution in [2.24, 2.45) is 0 Å². The van der Waals surface area contributed by atoms with Gasteiger partial charge in [-0.2, -0.15) is 0 Å². The van der Waals surface area contributed by atoms with Gasteiger partial charge < -0.3 is 9.47 Å². The highest BCUT2D eigenvalue weighted by atomic mass is 32.2. The summed E-state index contributed by atoms with van der Waals surface area (Å²) in [5, 5.41) is 0. The first-order valence-corrected chi connectivity index (χ1v) is 14.1. The van der Waals surface area contributed by atoms with Crippen molar-refractivity contribution in [3.05, 3.63) is 134 Å². The monoisotopic (exact) mass is 550 g/mol. The lowest BCUT2D eigenvalue weighted by atomic mass is 10.1. The van der Waals surface area contributed by atoms with Crippen molar-refractivity contribution in [1.29, 1.82) is 0 Å². The zero-order chi connectivity index (χ0) is 27.2. The van der Waals surface area contributed by atoms with Crippen LogP contribution in [0.15, 0.2) is 144 Å². The molecule has 0 saturated carbocycles. The van der Waals surface area contributed by atoms with E-state index in [1.807, 2.05) is 79.0 Å². The van der Waals surface area contributed by atoms with Crippen molar-refractivity contribution in [1.82, 2.24) is 9.97 Å². The van der Waals surface area contributed by atoms with E-state index in [1.54, 1.807) is 18.0 Å². The Bertz CT molecular complexity index is 1700. The number of hydrogen-bond donors (Lipinski definition) is 0. The Morgan fingerprint density at radius 3 is 1.95 bits per heavy atom. The van der Waals surface area contributed by atoms with E-state index in [9.17, 15) is 0 Å². The minimum absolute atomic E-state index is 0.707. The van der Waals surface area contributed by atoms with E-state index in [-0.39, 0.29) is 0 Å². The highest BCUT2D eigenvalue weighted by Crippen LogP contribution is 2.51. The molecule has 0 atom stereocenters. The number of nitrogens with zero attached hydrogens (tertiary/aromatic N) is 4.